The molecule has 2 aromatic rings. The predicted molar refractivity (Wildman–Crippen MR) is 111 cm³/mol. The van der Waals surface area contributed by atoms with E-state index in [0.717, 1.165) is 16.7 Å². The summed E-state index contributed by atoms with van der Waals surface area (Å²) in [5.74, 6) is 2.18. The summed E-state index contributed by atoms with van der Waals surface area (Å²) >= 11 is 0. The van der Waals surface area contributed by atoms with Gasteiger partial charge in [0.25, 0.3) is 0 Å². The smallest absolute Gasteiger partial charge is 0.191 e. The molecule has 25 heavy (non-hydrogen) atoms. The number of hydrogen-bond donors (Lipinski definition) is 2. The average molecular weight is 477 g/mol. The van der Waals surface area contributed by atoms with Crippen LogP contribution in [0.15, 0.2) is 39.7 Å². The number of nitrogens with one attached hydrogen (secondary N) is 2. The monoisotopic (exact) mass is 477 g/mol. The van der Waals surface area contributed by atoms with Crippen LogP contribution in [0.4, 0.5) is 0 Å². The summed E-state index contributed by atoms with van der Waals surface area (Å²) in [5, 5.41) is 7.57. The van der Waals surface area contributed by atoms with Crippen molar-refractivity contribution in [3.05, 3.63) is 36.1 Å². The first-order valence-corrected chi connectivity index (χ1v) is 9.95. The highest BCUT2D eigenvalue weighted by atomic mass is 127. The summed E-state index contributed by atoms with van der Waals surface area (Å²) in [6.07, 6.45) is 0.714. The maximum atomic E-state index is 11.5. The van der Waals surface area contributed by atoms with Crippen molar-refractivity contribution < 1.29 is 12.8 Å². The molecule has 1 aliphatic heterocycles. The first-order chi connectivity index (χ1) is 11.5. The molecule has 3 rings (SSSR count). The number of fused-ring (bicyclic) bond motifs is 1. The van der Waals surface area contributed by atoms with E-state index in [2.05, 4.69) is 15.6 Å². The van der Waals surface area contributed by atoms with E-state index in [1.807, 2.05) is 37.3 Å². The van der Waals surface area contributed by atoms with E-state index in [9.17, 15) is 8.42 Å². The highest BCUT2D eigenvalue weighted by molar-refractivity contribution is 14.0. The number of benzene rings is 1. The molecule has 8 heteroatoms. The zero-order chi connectivity index (χ0) is 17.2. The number of halogens is 1. The Morgan fingerprint density at radius 3 is 2.80 bits per heavy atom. The fourth-order valence-corrected chi connectivity index (χ4v) is 4.82. The van der Waals surface area contributed by atoms with Crippen molar-refractivity contribution in [2.24, 2.45) is 10.9 Å². The van der Waals surface area contributed by atoms with Gasteiger partial charge < -0.3 is 15.1 Å². The van der Waals surface area contributed by atoms with E-state index >= 15 is 0 Å². The lowest BCUT2D eigenvalue weighted by atomic mass is 10.1. The van der Waals surface area contributed by atoms with E-state index in [-0.39, 0.29) is 41.7 Å². The largest absolute Gasteiger partial charge is 0.459 e. The van der Waals surface area contributed by atoms with Gasteiger partial charge in [0.1, 0.15) is 11.3 Å². The van der Waals surface area contributed by atoms with Gasteiger partial charge in [0.2, 0.25) is 0 Å². The van der Waals surface area contributed by atoms with Crippen molar-refractivity contribution in [2.75, 3.05) is 25.1 Å². The van der Waals surface area contributed by atoms with Gasteiger partial charge in [0.15, 0.2) is 15.8 Å². The van der Waals surface area contributed by atoms with Crippen LogP contribution in [0.1, 0.15) is 25.1 Å². The second-order valence-electron chi connectivity index (χ2n) is 6.27. The fraction of sp³-hybridized carbons (Fsp3) is 0.471. The van der Waals surface area contributed by atoms with Crippen LogP contribution >= 0.6 is 24.0 Å². The van der Waals surface area contributed by atoms with E-state index in [1.165, 1.54) is 0 Å². The molecule has 2 atom stereocenters. The summed E-state index contributed by atoms with van der Waals surface area (Å²) in [6.45, 7) is 2.61. The molecule has 2 N–H and O–H groups in total. The van der Waals surface area contributed by atoms with Gasteiger partial charge in [0, 0.05) is 19.0 Å². The van der Waals surface area contributed by atoms with Crippen molar-refractivity contribution in [1.82, 2.24) is 10.6 Å². The molecule has 0 aliphatic carbocycles. The molecule has 2 heterocycles. The molecule has 0 amide bonds. The molecule has 1 fully saturated rings. The molecule has 1 aromatic heterocycles. The highest BCUT2D eigenvalue weighted by Gasteiger charge is 2.27. The molecular formula is C17H24IN3O3S. The first kappa shape index (κ1) is 20.0. The quantitative estimate of drug-likeness (QED) is 0.402. The van der Waals surface area contributed by atoms with Crippen molar-refractivity contribution in [3.8, 4) is 0 Å². The van der Waals surface area contributed by atoms with E-state index in [1.54, 1.807) is 7.05 Å². The Labute approximate surface area is 165 Å². The normalized spacial score (nSPS) is 20.9. The van der Waals surface area contributed by atoms with E-state index in [0.29, 0.717) is 24.7 Å². The number of furan rings is 1. The Balaban J connectivity index is 0.00000225. The molecule has 0 saturated carbocycles. The summed E-state index contributed by atoms with van der Waals surface area (Å²) in [4.78, 5) is 4.21. The molecule has 138 valence electrons. The average Bonchev–Trinajstić information content (AvgIpc) is 3.14. The SMILES string of the molecule is CN=C(NCC1CCS(=O)(=O)C1)NC(C)c1cc2ccccc2o1.I. The number of hydrogen-bond acceptors (Lipinski definition) is 4. The second-order valence-corrected chi connectivity index (χ2v) is 8.50. The van der Waals surface area contributed by atoms with Crippen LogP contribution in [0.25, 0.3) is 11.0 Å². The lowest BCUT2D eigenvalue weighted by Crippen LogP contribution is -2.41. The van der Waals surface area contributed by atoms with Crippen LogP contribution < -0.4 is 10.6 Å². The lowest BCUT2D eigenvalue weighted by Gasteiger charge is -2.17. The summed E-state index contributed by atoms with van der Waals surface area (Å²) in [6, 6.07) is 9.86. The van der Waals surface area contributed by atoms with Gasteiger partial charge in [-0.2, -0.15) is 0 Å². The third kappa shape index (κ3) is 5.10. The molecule has 1 aromatic carbocycles. The maximum absolute atomic E-state index is 11.5. The van der Waals surface area contributed by atoms with Crippen LogP contribution in [-0.4, -0.2) is 39.5 Å². The van der Waals surface area contributed by atoms with Crippen LogP contribution in [0.3, 0.4) is 0 Å². The van der Waals surface area contributed by atoms with Gasteiger partial charge in [-0.3, -0.25) is 4.99 Å². The van der Waals surface area contributed by atoms with Gasteiger partial charge in [-0.15, -0.1) is 24.0 Å². The van der Waals surface area contributed by atoms with Crippen molar-refractivity contribution in [1.29, 1.82) is 0 Å². The van der Waals surface area contributed by atoms with Crippen LogP contribution in [0, 0.1) is 5.92 Å². The minimum absolute atomic E-state index is 0. The first-order valence-electron chi connectivity index (χ1n) is 8.13. The molecule has 1 saturated heterocycles. The highest BCUT2D eigenvalue weighted by Crippen LogP contribution is 2.23. The summed E-state index contributed by atoms with van der Waals surface area (Å²) < 4.78 is 28.9. The Kier molecular flexibility index (Phi) is 6.72. The molecule has 0 spiro atoms. The molecule has 2 unspecified atom stereocenters. The number of aliphatic imine (C=N–C) groups is 1. The van der Waals surface area contributed by atoms with E-state index < -0.39 is 9.84 Å². The molecule has 0 bridgehead atoms. The Morgan fingerprint density at radius 1 is 1.40 bits per heavy atom. The van der Waals surface area contributed by atoms with E-state index in [4.69, 9.17) is 4.42 Å². The van der Waals surface area contributed by atoms with Gasteiger partial charge in [0.05, 0.1) is 17.5 Å². The minimum atomic E-state index is -2.85. The van der Waals surface area contributed by atoms with Crippen molar-refractivity contribution in [2.45, 2.75) is 19.4 Å². The number of sulfone groups is 1. The number of para-hydroxylation sites is 1. The third-order valence-corrected chi connectivity index (χ3v) is 6.17. The maximum Gasteiger partial charge on any atom is 0.191 e. The third-order valence-electron chi connectivity index (χ3n) is 4.33. The second kappa shape index (κ2) is 8.39. The van der Waals surface area contributed by atoms with Gasteiger partial charge in [-0.25, -0.2) is 8.42 Å². The Bertz CT molecular complexity index is 815. The lowest BCUT2D eigenvalue weighted by molar-refractivity contribution is 0.485. The van der Waals surface area contributed by atoms with Crippen molar-refractivity contribution >= 4 is 50.7 Å². The number of nitrogens with zero attached hydrogens (tertiary/aromatic N) is 1. The van der Waals surface area contributed by atoms with Gasteiger partial charge >= 0.3 is 0 Å². The van der Waals surface area contributed by atoms with Gasteiger partial charge in [-0.1, -0.05) is 18.2 Å². The molecule has 1 aliphatic rings. The van der Waals surface area contributed by atoms with Crippen LogP contribution in [-0.2, 0) is 9.84 Å². The molecule has 0 radical (unpaired) electrons. The standard InChI is InChI=1S/C17H23N3O3S.HI/c1-12(16-9-14-5-3-4-6-15(14)23-16)20-17(18-2)19-10-13-7-8-24(21,22)11-13;/h3-6,9,12-13H,7-8,10-11H2,1-2H3,(H2,18,19,20);1H. The molecule has 6 nitrogen and oxygen atoms in total. The Hall–Kier alpha value is -1.29. The fourth-order valence-electron chi connectivity index (χ4n) is 2.96. The van der Waals surface area contributed by atoms with Crippen LogP contribution in [0.2, 0.25) is 0 Å². The van der Waals surface area contributed by atoms with Crippen molar-refractivity contribution in [3.63, 3.8) is 0 Å². The zero-order valence-electron chi connectivity index (χ0n) is 14.4. The van der Waals surface area contributed by atoms with Gasteiger partial charge in [-0.05, 0) is 31.4 Å². The number of guanidine groups is 1. The predicted octanol–water partition coefficient (Wildman–Crippen LogP) is 2.71. The summed E-state index contributed by atoms with van der Waals surface area (Å²) in [7, 11) is -1.15. The molecular weight excluding hydrogens is 453 g/mol. The number of rotatable bonds is 4. The summed E-state index contributed by atoms with van der Waals surface area (Å²) in [5.41, 5.74) is 0.861. The Morgan fingerprint density at radius 2 is 2.16 bits per heavy atom. The topological polar surface area (TPSA) is 83.7 Å². The minimum Gasteiger partial charge on any atom is -0.459 e. The van der Waals surface area contributed by atoms with Crippen LogP contribution in [0.5, 0.6) is 0 Å². The zero-order valence-corrected chi connectivity index (χ0v) is 17.5.